The van der Waals surface area contributed by atoms with Crippen LogP contribution < -0.4 is 5.32 Å². The standard InChI is InChI=1S/C27H20ClNO3/c1-14-5-6-18(10-19(14)25(30)31)22-13-27(22)21-11-20(23(28)12-24(21)29-26(27)32)17-8-7-15-3-2-4-16(15)9-17/h2,4-12,22H,3,13H2,1H3,(H,29,32)(H,30,31). The Hall–Kier alpha value is -3.37. The minimum atomic E-state index is -0.949. The second kappa shape index (κ2) is 6.57. The molecule has 158 valence electrons. The third-order valence-corrected chi connectivity index (χ3v) is 7.50. The molecule has 0 bridgehead atoms. The number of carboxylic acid groups (broad SMARTS) is 1. The van der Waals surface area contributed by atoms with E-state index in [0.717, 1.165) is 34.4 Å². The van der Waals surface area contributed by atoms with Crippen LogP contribution in [0.3, 0.4) is 0 Å². The van der Waals surface area contributed by atoms with E-state index in [-0.39, 0.29) is 17.4 Å². The normalized spacial score (nSPS) is 22.1. The Morgan fingerprint density at radius 3 is 2.81 bits per heavy atom. The summed E-state index contributed by atoms with van der Waals surface area (Å²) in [5.74, 6) is -1.05. The largest absolute Gasteiger partial charge is 0.478 e. The first-order valence-electron chi connectivity index (χ1n) is 10.7. The third kappa shape index (κ3) is 2.63. The van der Waals surface area contributed by atoms with Crippen molar-refractivity contribution in [3.05, 3.63) is 93.0 Å². The first kappa shape index (κ1) is 19.3. The number of hydrogen-bond donors (Lipinski definition) is 2. The third-order valence-electron chi connectivity index (χ3n) is 7.19. The quantitative estimate of drug-likeness (QED) is 0.527. The van der Waals surface area contributed by atoms with Gasteiger partial charge in [-0.3, -0.25) is 4.79 Å². The number of halogens is 1. The summed E-state index contributed by atoms with van der Waals surface area (Å²) in [7, 11) is 0. The SMILES string of the molecule is Cc1ccc(C2CC23C(=O)Nc2cc(Cl)c(-c4ccc5c(c4)C=CC5)cc23)cc1C(=O)O. The Morgan fingerprint density at radius 1 is 1.16 bits per heavy atom. The first-order valence-corrected chi connectivity index (χ1v) is 11.1. The highest BCUT2D eigenvalue weighted by molar-refractivity contribution is 6.34. The second-order valence-corrected chi connectivity index (χ2v) is 9.37. The molecule has 6 rings (SSSR count). The summed E-state index contributed by atoms with van der Waals surface area (Å²) in [5.41, 5.74) is 7.34. The molecule has 2 unspecified atom stereocenters. The van der Waals surface area contributed by atoms with E-state index in [2.05, 4.69) is 35.7 Å². The summed E-state index contributed by atoms with van der Waals surface area (Å²) in [4.78, 5) is 24.7. The van der Waals surface area contributed by atoms with Gasteiger partial charge < -0.3 is 10.4 Å². The Labute approximate surface area is 190 Å². The van der Waals surface area contributed by atoms with E-state index in [9.17, 15) is 14.7 Å². The monoisotopic (exact) mass is 441 g/mol. The van der Waals surface area contributed by atoms with E-state index in [1.54, 1.807) is 13.0 Å². The molecule has 3 aromatic carbocycles. The molecular weight excluding hydrogens is 422 g/mol. The number of allylic oxidation sites excluding steroid dienone is 1. The zero-order valence-electron chi connectivity index (χ0n) is 17.4. The lowest BCUT2D eigenvalue weighted by atomic mass is 9.88. The van der Waals surface area contributed by atoms with Crippen molar-refractivity contribution in [2.75, 3.05) is 5.32 Å². The number of anilines is 1. The molecule has 0 radical (unpaired) electrons. The van der Waals surface area contributed by atoms with Gasteiger partial charge in [0.25, 0.3) is 0 Å². The average molecular weight is 442 g/mol. The van der Waals surface area contributed by atoms with Gasteiger partial charge in [0.15, 0.2) is 0 Å². The highest BCUT2D eigenvalue weighted by Gasteiger charge is 2.65. The lowest BCUT2D eigenvalue weighted by Crippen LogP contribution is -2.21. The highest BCUT2D eigenvalue weighted by atomic mass is 35.5. The fourth-order valence-corrected chi connectivity index (χ4v) is 5.61. The van der Waals surface area contributed by atoms with Gasteiger partial charge in [-0.25, -0.2) is 4.79 Å². The smallest absolute Gasteiger partial charge is 0.335 e. The molecule has 2 aliphatic carbocycles. The number of amides is 1. The van der Waals surface area contributed by atoms with E-state index >= 15 is 0 Å². The number of carbonyl (C=O) groups excluding carboxylic acids is 1. The van der Waals surface area contributed by atoms with Gasteiger partial charge in [0.1, 0.15) is 0 Å². The maximum atomic E-state index is 13.1. The molecule has 1 spiro atoms. The van der Waals surface area contributed by atoms with Gasteiger partial charge in [-0.2, -0.15) is 0 Å². The fourth-order valence-electron chi connectivity index (χ4n) is 5.34. The molecule has 0 aromatic heterocycles. The molecule has 32 heavy (non-hydrogen) atoms. The van der Waals surface area contributed by atoms with Crippen molar-refractivity contribution in [1.29, 1.82) is 0 Å². The minimum Gasteiger partial charge on any atom is -0.478 e. The molecule has 0 saturated heterocycles. The van der Waals surface area contributed by atoms with Crippen LogP contribution in [0.4, 0.5) is 5.69 Å². The molecule has 2 atom stereocenters. The van der Waals surface area contributed by atoms with Crippen LogP contribution in [0.5, 0.6) is 0 Å². The van der Waals surface area contributed by atoms with Gasteiger partial charge >= 0.3 is 5.97 Å². The minimum absolute atomic E-state index is 0.0416. The van der Waals surface area contributed by atoms with Crippen molar-refractivity contribution >= 4 is 35.2 Å². The van der Waals surface area contributed by atoms with Crippen molar-refractivity contribution in [2.45, 2.75) is 31.1 Å². The van der Waals surface area contributed by atoms with Crippen molar-refractivity contribution in [2.24, 2.45) is 0 Å². The molecular formula is C27H20ClNO3. The molecule has 1 heterocycles. The highest BCUT2D eigenvalue weighted by Crippen LogP contribution is 2.65. The number of fused-ring (bicyclic) bond motifs is 3. The molecule has 3 aromatic rings. The summed E-state index contributed by atoms with van der Waals surface area (Å²) in [6.45, 7) is 1.79. The lowest BCUT2D eigenvalue weighted by Gasteiger charge is -2.13. The number of carbonyl (C=O) groups is 2. The Morgan fingerprint density at radius 2 is 2.00 bits per heavy atom. The van der Waals surface area contributed by atoms with Gasteiger partial charge in [0.05, 0.1) is 16.0 Å². The number of aromatic carboxylic acids is 1. The van der Waals surface area contributed by atoms with Gasteiger partial charge in [-0.15, -0.1) is 0 Å². The van der Waals surface area contributed by atoms with Crippen molar-refractivity contribution in [3.63, 3.8) is 0 Å². The van der Waals surface area contributed by atoms with Gasteiger partial charge in [0, 0.05) is 17.2 Å². The second-order valence-electron chi connectivity index (χ2n) is 8.96. The molecule has 1 saturated carbocycles. The number of rotatable bonds is 3. The van der Waals surface area contributed by atoms with Crippen LogP contribution in [0.1, 0.15) is 50.5 Å². The van der Waals surface area contributed by atoms with E-state index in [0.29, 0.717) is 17.0 Å². The van der Waals surface area contributed by atoms with Crippen LogP contribution >= 0.6 is 11.6 Å². The zero-order valence-corrected chi connectivity index (χ0v) is 18.2. The number of hydrogen-bond acceptors (Lipinski definition) is 2. The molecule has 5 heteroatoms. The fraction of sp³-hybridized carbons (Fsp3) is 0.185. The van der Waals surface area contributed by atoms with Gasteiger partial charge in [-0.05, 0) is 77.4 Å². The summed E-state index contributed by atoms with van der Waals surface area (Å²) in [6, 6.07) is 15.7. The molecule has 1 aliphatic heterocycles. The summed E-state index contributed by atoms with van der Waals surface area (Å²) in [5, 5.41) is 13.1. The van der Waals surface area contributed by atoms with Crippen LogP contribution in [0.25, 0.3) is 17.2 Å². The number of nitrogens with one attached hydrogen (secondary N) is 1. The van der Waals surface area contributed by atoms with Gasteiger partial charge in [0.2, 0.25) is 5.91 Å². The van der Waals surface area contributed by atoms with Crippen LogP contribution in [-0.2, 0) is 16.6 Å². The van der Waals surface area contributed by atoms with Crippen molar-refractivity contribution in [3.8, 4) is 11.1 Å². The lowest BCUT2D eigenvalue weighted by molar-refractivity contribution is -0.118. The van der Waals surface area contributed by atoms with Crippen LogP contribution in [-0.4, -0.2) is 17.0 Å². The number of aryl methyl sites for hydroxylation is 1. The van der Waals surface area contributed by atoms with Crippen molar-refractivity contribution in [1.82, 2.24) is 0 Å². The molecule has 4 nitrogen and oxygen atoms in total. The zero-order chi connectivity index (χ0) is 22.2. The predicted octanol–water partition coefficient (Wildman–Crippen LogP) is 5.96. The number of benzene rings is 3. The average Bonchev–Trinajstić information content (AvgIpc) is 3.23. The van der Waals surface area contributed by atoms with E-state index < -0.39 is 11.4 Å². The topological polar surface area (TPSA) is 66.4 Å². The maximum Gasteiger partial charge on any atom is 0.335 e. The molecule has 1 amide bonds. The first-order chi connectivity index (χ1) is 15.4. The Kier molecular flexibility index (Phi) is 3.96. The predicted molar refractivity (Wildman–Crippen MR) is 125 cm³/mol. The van der Waals surface area contributed by atoms with Crippen LogP contribution in [0.2, 0.25) is 5.02 Å². The van der Waals surface area contributed by atoms with Crippen molar-refractivity contribution < 1.29 is 14.7 Å². The maximum absolute atomic E-state index is 13.1. The summed E-state index contributed by atoms with van der Waals surface area (Å²) < 4.78 is 0. The Bertz CT molecular complexity index is 1390. The summed E-state index contributed by atoms with van der Waals surface area (Å²) in [6.07, 6.45) is 5.88. The van der Waals surface area contributed by atoms with Gasteiger partial charge in [-0.1, -0.05) is 48.0 Å². The number of carboxylic acids is 1. The molecule has 3 aliphatic rings. The van der Waals surface area contributed by atoms with E-state index in [4.69, 9.17) is 11.6 Å². The molecule has 1 fully saturated rings. The van der Waals surface area contributed by atoms with Crippen LogP contribution in [0, 0.1) is 6.92 Å². The van der Waals surface area contributed by atoms with Crippen LogP contribution in [0.15, 0.2) is 54.6 Å². The molecule has 2 N–H and O–H groups in total. The Balaban J connectivity index is 1.44. The van der Waals surface area contributed by atoms with E-state index in [1.807, 2.05) is 24.3 Å². The van der Waals surface area contributed by atoms with E-state index in [1.165, 1.54) is 11.1 Å². The summed E-state index contributed by atoms with van der Waals surface area (Å²) >= 11 is 6.65.